The molecule has 0 saturated heterocycles. The van der Waals surface area contributed by atoms with E-state index in [0.29, 0.717) is 17.3 Å². The number of carbonyl (C=O) groups excluding carboxylic acids is 1. The highest BCUT2D eigenvalue weighted by molar-refractivity contribution is 5.94. The van der Waals surface area contributed by atoms with E-state index >= 15 is 0 Å². The number of nitrogens with one attached hydrogen (secondary N) is 1. The monoisotopic (exact) mass is 415 g/mol. The van der Waals surface area contributed by atoms with Gasteiger partial charge in [-0.15, -0.1) is 0 Å². The van der Waals surface area contributed by atoms with Gasteiger partial charge in [-0.3, -0.25) is 9.48 Å². The van der Waals surface area contributed by atoms with E-state index in [4.69, 9.17) is 4.52 Å². The van der Waals surface area contributed by atoms with Crippen molar-refractivity contribution in [1.82, 2.24) is 25.2 Å². The number of rotatable bonds is 4. The molecule has 7 heteroatoms. The molecule has 1 N–H and O–H groups in total. The minimum Gasteiger partial charge on any atom is -0.349 e. The number of hydrogen-bond donors (Lipinski definition) is 1. The van der Waals surface area contributed by atoms with Crippen molar-refractivity contribution < 1.29 is 9.32 Å². The molecule has 1 amide bonds. The van der Waals surface area contributed by atoms with Crippen molar-refractivity contribution in [2.24, 2.45) is 7.05 Å². The molecule has 0 radical (unpaired) electrons. The topological polar surface area (TPSA) is 85.8 Å². The molecule has 7 nitrogen and oxygen atoms in total. The van der Waals surface area contributed by atoms with Crippen molar-refractivity contribution in [2.45, 2.75) is 44.6 Å². The Bertz CT molecular complexity index is 1220. The summed E-state index contributed by atoms with van der Waals surface area (Å²) in [4.78, 5) is 17.1. The summed E-state index contributed by atoms with van der Waals surface area (Å²) < 4.78 is 7.50. The van der Waals surface area contributed by atoms with Gasteiger partial charge in [0.2, 0.25) is 11.7 Å². The molecule has 1 aliphatic rings. The highest BCUT2D eigenvalue weighted by Crippen LogP contribution is 2.33. The molecule has 4 aromatic rings. The largest absolute Gasteiger partial charge is 0.349 e. The van der Waals surface area contributed by atoms with Crippen molar-refractivity contribution in [3.63, 3.8) is 0 Å². The number of nitrogens with zero attached hydrogens (tertiary/aromatic N) is 4. The predicted molar refractivity (Wildman–Crippen MR) is 118 cm³/mol. The second kappa shape index (κ2) is 7.98. The van der Waals surface area contributed by atoms with Gasteiger partial charge in [-0.05, 0) is 50.8 Å². The van der Waals surface area contributed by atoms with E-state index in [-0.39, 0.29) is 17.9 Å². The zero-order valence-electron chi connectivity index (χ0n) is 17.7. The molecule has 0 spiro atoms. The Hall–Kier alpha value is -3.48. The number of benzene rings is 2. The van der Waals surface area contributed by atoms with Gasteiger partial charge in [0.25, 0.3) is 5.91 Å². The van der Waals surface area contributed by atoms with Crippen LogP contribution in [0.15, 0.2) is 53.1 Å². The fourth-order valence-electron chi connectivity index (χ4n) is 4.44. The van der Waals surface area contributed by atoms with Gasteiger partial charge in [0.15, 0.2) is 0 Å². The second-order valence-electron chi connectivity index (χ2n) is 8.29. The van der Waals surface area contributed by atoms with E-state index in [2.05, 4.69) is 32.7 Å². The van der Waals surface area contributed by atoms with E-state index in [1.807, 2.05) is 55.1 Å². The maximum absolute atomic E-state index is 12.4. The summed E-state index contributed by atoms with van der Waals surface area (Å²) in [5, 5.41) is 13.0. The molecule has 1 saturated carbocycles. The van der Waals surface area contributed by atoms with E-state index < -0.39 is 0 Å². The summed E-state index contributed by atoms with van der Waals surface area (Å²) in [7, 11) is 1.94. The van der Waals surface area contributed by atoms with Gasteiger partial charge in [-0.25, -0.2) is 0 Å². The van der Waals surface area contributed by atoms with E-state index in [1.165, 1.54) is 0 Å². The Morgan fingerprint density at radius 2 is 1.87 bits per heavy atom. The highest BCUT2D eigenvalue weighted by Gasteiger charge is 2.27. The van der Waals surface area contributed by atoms with Gasteiger partial charge in [0, 0.05) is 35.5 Å². The SMILES string of the molecule is Cc1nn(C)c2cc(-c3noc(C4CCC(NC(=O)c5ccccc5)CC4)n3)ccc12. The normalized spacial score (nSPS) is 18.9. The quantitative estimate of drug-likeness (QED) is 0.534. The Balaban J connectivity index is 1.24. The maximum atomic E-state index is 12.4. The number of amides is 1. The van der Waals surface area contributed by atoms with Gasteiger partial charge in [0.05, 0.1) is 11.2 Å². The van der Waals surface area contributed by atoms with Gasteiger partial charge in [-0.2, -0.15) is 10.1 Å². The highest BCUT2D eigenvalue weighted by atomic mass is 16.5. The standard InChI is InChI=1S/C24H25N5O2/c1-15-20-13-10-18(14-21(20)29(2)27-15)22-26-24(31-28-22)17-8-11-19(12-9-17)25-23(30)16-6-4-3-5-7-16/h3-7,10,13-14,17,19H,8-9,11-12H2,1-2H3,(H,25,30). The fourth-order valence-corrected chi connectivity index (χ4v) is 4.44. The van der Waals surface area contributed by atoms with Crippen LogP contribution in [0.2, 0.25) is 0 Å². The Morgan fingerprint density at radius 1 is 1.10 bits per heavy atom. The molecule has 1 aliphatic carbocycles. The Morgan fingerprint density at radius 3 is 2.65 bits per heavy atom. The van der Waals surface area contributed by atoms with Crippen molar-refractivity contribution in [3.8, 4) is 11.4 Å². The molecule has 5 rings (SSSR count). The number of carbonyl (C=O) groups is 1. The maximum Gasteiger partial charge on any atom is 0.251 e. The lowest BCUT2D eigenvalue weighted by atomic mass is 9.86. The summed E-state index contributed by atoms with van der Waals surface area (Å²) in [6.45, 7) is 2.01. The van der Waals surface area contributed by atoms with Crippen LogP contribution in [0.25, 0.3) is 22.3 Å². The first-order valence-electron chi connectivity index (χ1n) is 10.7. The lowest BCUT2D eigenvalue weighted by molar-refractivity contribution is 0.0924. The van der Waals surface area contributed by atoms with Gasteiger partial charge in [0.1, 0.15) is 0 Å². The summed E-state index contributed by atoms with van der Waals surface area (Å²) in [6.07, 6.45) is 3.64. The smallest absolute Gasteiger partial charge is 0.251 e. The average molecular weight is 415 g/mol. The zero-order valence-corrected chi connectivity index (χ0v) is 17.7. The number of fused-ring (bicyclic) bond motifs is 1. The summed E-state index contributed by atoms with van der Waals surface area (Å²) in [5.41, 5.74) is 3.69. The molecule has 2 heterocycles. The minimum atomic E-state index is -0.00933. The van der Waals surface area contributed by atoms with Crippen LogP contribution in [0.3, 0.4) is 0 Å². The van der Waals surface area contributed by atoms with Crippen LogP contribution in [0.1, 0.15) is 53.5 Å². The summed E-state index contributed by atoms with van der Waals surface area (Å²) in [5.74, 6) is 1.51. The molecule has 0 aliphatic heterocycles. The van der Waals surface area contributed by atoms with Crippen LogP contribution >= 0.6 is 0 Å². The third kappa shape index (κ3) is 3.83. The molecule has 2 aromatic carbocycles. The molecule has 1 fully saturated rings. The Labute approximate surface area is 180 Å². The van der Waals surface area contributed by atoms with Gasteiger partial charge in [-0.1, -0.05) is 35.5 Å². The van der Waals surface area contributed by atoms with E-state index in [9.17, 15) is 4.79 Å². The van der Waals surface area contributed by atoms with Crippen LogP contribution in [0.5, 0.6) is 0 Å². The third-order valence-corrected chi connectivity index (χ3v) is 6.18. The van der Waals surface area contributed by atoms with Crippen LogP contribution in [-0.4, -0.2) is 31.9 Å². The lowest BCUT2D eigenvalue weighted by Crippen LogP contribution is -2.37. The first-order valence-corrected chi connectivity index (χ1v) is 10.7. The predicted octanol–water partition coefficient (Wildman–Crippen LogP) is 4.39. The number of aromatic nitrogens is 4. The van der Waals surface area contributed by atoms with Crippen LogP contribution < -0.4 is 5.32 Å². The molecule has 158 valence electrons. The number of hydrogen-bond acceptors (Lipinski definition) is 5. The van der Waals surface area contributed by atoms with Crippen molar-refractivity contribution in [2.75, 3.05) is 0 Å². The number of aryl methyl sites for hydroxylation is 2. The second-order valence-corrected chi connectivity index (χ2v) is 8.29. The van der Waals surface area contributed by atoms with Crippen molar-refractivity contribution >= 4 is 16.8 Å². The first-order chi connectivity index (χ1) is 15.1. The average Bonchev–Trinajstić information content (AvgIpc) is 3.40. The molecule has 2 aromatic heterocycles. The lowest BCUT2D eigenvalue weighted by Gasteiger charge is -2.27. The van der Waals surface area contributed by atoms with Gasteiger partial charge < -0.3 is 9.84 Å². The molecule has 31 heavy (non-hydrogen) atoms. The third-order valence-electron chi connectivity index (χ3n) is 6.18. The minimum absolute atomic E-state index is 0.00933. The van der Waals surface area contributed by atoms with Crippen LogP contribution in [0, 0.1) is 6.92 Å². The zero-order chi connectivity index (χ0) is 21.4. The Kier molecular flexibility index (Phi) is 5.02. The molecule has 0 bridgehead atoms. The van der Waals surface area contributed by atoms with Crippen molar-refractivity contribution in [1.29, 1.82) is 0 Å². The van der Waals surface area contributed by atoms with E-state index in [0.717, 1.165) is 47.8 Å². The molecular weight excluding hydrogens is 390 g/mol. The van der Waals surface area contributed by atoms with Crippen LogP contribution in [0.4, 0.5) is 0 Å². The van der Waals surface area contributed by atoms with Crippen molar-refractivity contribution in [3.05, 3.63) is 65.7 Å². The van der Waals surface area contributed by atoms with Crippen LogP contribution in [-0.2, 0) is 7.05 Å². The summed E-state index contributed by atoms with van der Waals surface area (Å²) in [6, 6.07) is 15.7. The summed E-state index contributed by atoms with van der Waals surface area (Å²) >= 11 is 0. The molecule has 0 unspecified atom stereocenters. The molecular formula is C24H25N5O2. The van der Waals surface area contributed by atoms with Gasteiger partial charge >= 0.3 is 0 Å². The van der Waals surface area contributed by atoms with E-state index in [1.54, 1.807) is 0 Å². The molecule has 0 atom stereocenters. The fraction of sp³-hybridized carbons (Fsp3) is 0.333. The first kappa shape index (κ1) is 19.5.